The third kappa shape index (κ3) is 6.73. The van der Waals surface area contributed by atoms with Crippen LogP contribution in [0.15, 0.2) is 23.1 Å². The molecule has 0 saturated heterocycles. The molecular weight excluding hydrogens is 407 g/mol. The highest BCUT2D eigenvalue weighted by Crippen LogP contribution is 2.34. The van der Waals surface area contributed by atoms with Crippen molar-refractivity contribution >= 4 is 27.5 Å². The summed E-state index contributed by atoms with van der Waals surface area (Å²) >= 11 is 0. The van der Waals surface area contributed by atoms with Crippen LogP contribution in [0.3, 0.4) is 0 Å². The Morgan fingerprint density at radius 1 is 1.04 bits per heavy atom. The first-order chi connectivity index (χ1) is 11.5. The number of nitrogens with one attached hydrogen (secondary N) is 1. The Morgan fingerprint density at radius 2 is 1.50 bits per heavy atom. The number of hydrogen-bond donors (Lipinski definition) is 3. The van der Waals surface area contributed by atoms with E-state index in [0.717, 1.165) is 6.07 Å². The fourth-order valence-electron chi connectivity index (χ4n) is 1.16. The molecule has 0 amide bonds. The third-order valence-electron chi connectivity index (χ3n) is 2.21. The second-order valence-electron chi connectivity index (χ2n) is 4.14. The molecule has 0 aromatic heterocycles. The number of alkyl halides is 6. The molecule has 1 rings (SSSR count). The molecule has 0 heterocycles. The highest BCUT2D eigenvalue weighted by Gasteiger charge is 2.48. The smallest absolute Gasteiger partial charge is 0.480 e. The standard InChI is InChI=1S/C9H7F4NO4S.C2HF3O2/c10-5-1-2-6(14-4-8(15)16)7(3-5)19(17,18)9(11,12)13;3-2(4,5)1(6)7/h1-3,14H,4H2,(H,15,16);(H,6,7). The topological polar surface area (TPSA) is 121 Å². The number of hydrogen-bond acceptors (Lipinski definition) is 5. The van der Waals surface area contributed by atoms with Crippen LogP contribution >= 0.6 is 0 Å². The van der Waals surface area contributed by atoms with Gasteiger partial charge in [-0.15, -0.1) is 0 Å². The van der Waals surface area contributed by atoms with Gasteiger partial charge in [-0.05, 0) is 18.2 Å². The summed E-state index contributed by atoms with van der Waals surface area (Å²) in [4.78, 5) is 17.8. The summed E-state index contributed by atoms with van der Waals surface area (Å²) < 4.78 is 104. The summed E-state index contributed by atoms with van der Waals surface area (Å²) in [6, 6.07) is 1.60. The van der Waals surface area contributed by atoms with Gasteiger partial charge in [-0.2, -0.15) is 26.3 Å². The van der Waals surface area contributed by atoms with Gasteiger partial charge in [0.15, 0.2) is 0 Å². The molecule has 1 aromatic carbocycles. The van der Waals surface area contributed by atoms with Crippen LogP contribution < -0.4 is 5.32 Å². The number of carbonyl (C=O) groups is 2. The highest BCUT2D eigenvalue weighted by atomic mass is 32.2. The minimum Gasteiger partial charge on any atom is -0.480 e. The maximum absolute atomic E-state index is 12.9. The van der Waals surface area contributed by atoms with Crippen LogP contribution in [0.5, 0.6) is 0 Å². The van der Waals surface area contributed by atoms with Gasteiger partial charge in [0, 0.05) is 0 Å². The van der Waals surface area contributed by atoms with E-state index in [0.29, 0.717) is 6.07 Å². The van der Waals surface area contributed by atoms with Crippen molar-refractivity contribution in [3.8, 4) is 0 Å². The van der Waals surface area contributed by atoms with Gasteiger partial charge in [0.25, 0.3) is 9.84 Å². The van der Waals surface area contributed by atoms with E-state index in [1.54, 1.807) is 0 Å². The summed E-state index contributed by atoms with van der Waals surface area (Å²) in [6.45, 7) is -0.813. The lowest BCUT2D eigenvalue weighted by molar-refractivity contribution is -0.192. The van der Waals surface area contributed by atoms with Gasteiger partial charge in [0.2, 0.25) is 0 Å². The lowest BCUT2D eigenvalue weighted by Gasteiger charge is -2.13. The normalized spacial score (nSPS) is 12.0. The summed E-state index contributed by atoms with van der Waals surface area (Å²) in [5.74, 6) is -5.36. The fraction of sp³-hybridized carbons (Fsp3) is 0.273. The SMILES string of the molecule is O=C(O)C(F)(F)F.O=C(O)CNc1ccc(F)cc1S(=O)(=O)C(F)(F)F. The number of aliphatic carboxylic acids is 2. The number of sulfone groups is 1. The van der Waals surface area contributed by atoms with Crippen LogP contribution in [0.1, 0.15) is 0 Å². The second kappa shape index (κ2) is 8.20. The molecule has 0 unspecified atom stereocenters. The van der Waals surface area contributed by atoms with Gasteiger partial charge in [-0.3, -0.25) is 4.79 Å². The molecule has 0 saturated carbocycles. The van der Waals surface area contributed by atoms with Crippen LogP contribution in [-0.4, -0.2) is 48.8 Å². The van der Waals surface area contributed by atoms with E-state index in [2.05, 4.69) is 0 Å². The van der Waals surface area contributed by atoms with Crippen molar-refractivity contribution in [1.82, 2.24) is 0 Å². The Hall–Kier alpha value is -2.58. The van der Waals surface area contributed by atoms with Crippen LogP contribution in [0.4, 0.5) is 36.4 Å². The molecule has 0 aliphatic rings. The van der Waals surface area contributed by atoms with E-state index in [4.69, 9.17) is 15.0 Å². The van der Waals surface area contributed by atoms with Crippen molar-refractivity contribution in [2.45, 2.75) is 16.6 Å². The van der Waals surface area contributed by atoms with Gasteiger partial charge in [0.1, 0.15) is 17.3 Å². The van der Waals surface area contributed by atoms with Crippen LogP contribution in [0, 0.1) is 5.82 Å². The van der Waals surface area contributed by atoms with Crippen molar-refractivity contribution < 1.29 is 59.0 Å². The average Bonchev–Trinajstić information content (AvgIpc) is 2.44. The number of benzene rings is 1. The van der Waals surface area contributed by atoms with Gasteiger partial charge in [-0.1, -0.05) is 0 Å². The van der Waals surface area contributed by atoms with E-state index in [1.165, 1.54) is 0 Å². The zero-order valence-electron chi connectivity index (χ0n) is 12.0. The Balaban J connectivity index is 0.000000758. The number of halogens is 7. The average molecular weight is 415 g/mol. The summed E-state index contributed by atoms with van der Waals surface area (Å²) in [5, 5.41) is 17.5. The summed E-state index contributed by atoms with van der Waals surface area (Å²) in [5.41, 5.74) is -6.25. The zero-order chi connectivity index (χ0) is 20.9. The van der Waals surface area contributed by atoms with Gasteiger partial charge >= 0.3 is 23.6 Å². The molecule has 3 N–H and O–H groups in total. The molecule has 0 aliphatic carbocycles. The molecular formula is C11H8F7NO6S. The predicted octanol–water partition coefficient (Wildman–Crippen LogP) is 2.25. The molecule has 0 spiro atoms. The van der Waals surface area contributed by atoms with Crippen molar-refractivity contribution in [1.29, 1.82) is 0 Å². The Bertz CT molecular complexity index is 772. The lowest BCUT2D eigenvalue weighted by atomic mass is 10.3. The molecule has 7 nitrogen and oxygen atoms in total. The van der Waals surface area contributed by atoms with Crippen molar-refractivity contribution in [2.75, 3.05) is 11.9 Å². The third-order valence-corrected chi connectivity index (χ3v) is 3.74. The number of carboxylic acids is 2. The molecule has 26 heavy (non-hydrogen) atoms. The molecule has 0 fully saturated rings. The molecule has 0 aliphatic heterocycles. The van der Waals surface area contributed by atoms with Crippen molar-refractivity contribution in [3.05, 3.63) is 24.0 Å². The predicted molar refractivity (Wildman–Crippen MR) is 69.5 cm³/mol. The monoisotopic (exact) mass is 415 g/mol. The summed E-state index contributed by atoms with van der Waals surface area (Å²) in [6.07, 6.45) is -5.08. The molecule has 15 heteroatoms. The minimum absolute atomic E-state index is 0.174. The molecule has 0 radical (unpaired) electrons. The Labute approximate surface area is 140 Å². The number of anilines is 1. The zero-order valence-corrected chi connectivity index (χ0v) is 12.8. The van der Waals surface area contributed by atoms with Crippen molar-refractivity contribution in [3.63, 3.8) is 0 Å². The second-order valence-corrected chi connectivity index (χ2v) is 6.05. The van der Waals surface area contributed by atoms with Gasteiger partial charge < -0.3 is 15.5 Å². The molecule has 0 atom stereocenters. The highest BCUT2D eigenvalue weighted by molar-refractivity contribution is 7.92. The maximum atomic E-state index is 12.9. The van der Waals surface area contributed by atoms with E-state index >= 15 is 0 Å². The first kappa shape index (κ1) is 23.4. The molecule has 0 bridgehead atoms. The van der Waals surface area contributed by atoms with E-state index in [-0.39, 0.29) is 6.07 Å². The van der Waals surface area contributed by atoms with Crippen LogP contribution in [-0.2, 0) is 19.4 Å². The van der Waals surface area contributed by atoms with Gasteiger partial charge in [0.05, 0.1) is 5.69 Å². The lowest BCUT2D eigenvalue weighted by Crippen LogP contribution is -2.25. The number of rotatable bonds is 4. The van der Waals surface area contributed by atoms with Gasteiger partial charge in [-0.25, -0.2) is 17.6 Å². The first-order valence-electron chi connectivity index (χ1n) is 5.87. The van der Waals surface area contributed by atoms with E-state index < -0.39 is 56.4 Å². The number of carboxylic acid groups (broad SMARTS) is 2. The van der Waals surface area contributed by atoms with Crippen LogP contribution in [0.25, 0.3) is 0 Å². The maximum Gasteiger partial charge on any atom is 0.501 e. The Kier molecular flexibility index (Phi) is 7.39. The molecule has 148 valence electrons. The fourth-order valence-corrected chi connectivity index (χ4v) is 2.11. The quantitative estimate of drug-likeness (QED) is 0.645. The van der Waals surface area contributed by atoms with Crippen LogP contribution in [0.2, 0.25) is 0 Å². The van der Waals surface area contributed by atoms with Crippen molar-refractivity contribution in [2.24, 2.45) is 0 Å². The van der Waals surface area contributed by atoms with E-state index in [1.807, 2.05) is 5.32 Å². The van der Waals surface area contributed by atoms with E-state index in [9.17, 15) is 43.9 Å². The largest absolute Gasteiger partial charge is 0.501 e. The Morgan fingerprint density at radius 3 is 1.85 bits per heavy atom. The minimum atomic E-state index is -5.77. The first-order valence-corrected chi connectivity index (χ1v) is 7.35. The summed E-state index contributed by atoms with van der Waals surface area (Å²) in [7, 11) is -5.77. The molecule has 1 aromatic rings.